The van der Waals surface area contributed by atoms with E-state index < -0.39 is 11.9 Å². The van der Waals surface area contributed by atoms with E-state index >= 15 is 0 Å². The number of anilines is 1. The fourth-order valence-corrected chi connectivity index (χ4v) is 4.51. The molecule has 0 unspecified atom stereocenters. The van der Waals surface area contributed by atoms with Crippen LogP contribution in [-0.4, -0.2) is 61.4 Å². The van der Waals surface area contributed by atoms with Crippen molar-refractivity contribution in [1.29, 1.82) is 0 Å². The minimum atomic E-state index is -0.641. The van der Waals surface area contributed by atoms with E-state index in [1.54, 1.807) is 18.7 Å². The van der Waals surface area contributed by atoms with Crippen LogP contribution in [0.1, 0.15) is 41.1 Å². The number of carbonyl (C=O) groups excluding carboxylic acids is 3. The molecule has 7 nitrogen and oxygen atoms in total. The Morgan fingerprint density at radius 3 is 2.00 bits per heavy atom. The van der Waals surface area contributed by atoms with Gasteiger partial charge in [0.05, 0.1) is 18.7 Å². The van der Waals surface area contributed by atoms with Crippen molar-refractivity contribution in [3.05, 3.63) is 16.0 Å². The molecule has 1 aromatic heterocycles. The Kier molecular flexibility index (Phi) is 13.9. The number of esters is 1. The Labute approximate surface area is 245 Å². The zero-order chi connectivity index (χ0) is 29.9. The summed E-state index contributed by atoms with van der Waals surface area (Å²) in [5.41, 5.74) is 1.10. The maximum Gasteiger partial charge on any atom is 0.341 e. The van der Waals surface area contributed by atoms with Crippen molar-refractivity contribution in [3.8, 4) is 94.7 Å². The van der Waals surface area contributed by atoms with Crippen LogP contribution < -0.4 is 5.32 Å². The van der Waals surface area contributed by atoms with Gasteiger partial charge < -0.3 is 19.9 Å². The molecule has 0 fully saturated rings. The van der Waals surface area contributed by atoms with Gasteiger partial charge in [0.15, 0.2) is 0 Å². The van der Waals surface area contributed by atoms with Crippen molar-refractivity contribution >= 4 is 34.1 Å². The number of nitrogens with one attached hydrogen (secondary N) is 1. The van der Waals surface area contributed by atoms with Gasteiger partial charge in [-0.1, -0.05) is 5.92 Å². The van der Waals surface area contributed by atoms with Gasteiger partial charge in [-0.25, -0.2) is 4.79 Å². The summed E-state index contributed by atoms with van der Waals surface area (Å²) >= 11 is 1.24. The predicted molar refractivity (Wildman–Crippen MR) is 159 cm³/mol. The van der Waals surface area contributed by atoms with E-state index in [1.165, 1.54) is 11.3 Å². The zero-order valence-electron chi connectivity index (χ0n) is 23.2. The van der Waals surface area contributed by atoms with Gasteiger partial charge >= 0.3 is 11.9 Å². The van der Waals surface area contributed by atoms with Crippen LogP contribution in [0.3, 0.4) is 0 Å². The van der Waals surface area contributed by atoms with Crippen LogP contribution in [0, 0.1) is 94.7 Å². The summed E-state index contributed by atoms with van der Waals surface area (Å²) < 4.78 is 5.23. The van der Waals surface area contributed by atoms with E-state index in [2.05, 4.69) is 100 Å². The van der Waals surface area contributed by atoms with Gasteiger partial charge in [-0.05, 0) is 123 Å². The number of carbonyl (C=O) groups is 3. The average Bonchev–Trinajstić information content (AvgIpc) is 3.30. The molecule has 202 valence electrons. The summed E-state index contributed by atoms with van der Waals surface area (Å²) in [6.45, 7) is 5.10. The molecule has 2 rings (SSSR count). The molecule has 0 aromatic carbocycles. The van der Waals surface area contributed by atoms with E-state index in [1.807, 2.05) is 19.0 Å². The topological polar surface area (TPSA) is 79.0 Å². The third-order valence-electron chi connectivity index (χ3n) is 5.00. The molecular formula is C33H25N3O4S. The van der Waals surface area contributed by atoms with E-state index in [4.69, 9.17) is 4.74 Å². The molecule has 1 aliphatic heterocycles. The molecule has 2 amide bonds. The molecule has 2 heterocycles. The Morgan fingerprint density at radius 1 is 0.902 bits per heavy atom. The van der Waals surface area contributed by atoms with E-state index in [0.29, 0.717) is 43.0 Å². The van der Waals surface area contributed by atoms with Crippen LogP contribution in [0.5, 0.6) is 0 Å². The Balaban J connectivity index is 2.06. The van der Waals surface area contributed by atoms with Crippen molar-refractivity contribution < 1.29 is 19.1 Å². The molecule has 8 heteroatoms. The van der Waals surface area contributed by atoms with Gasteiger partial charge in [-0.3, -0.25) is 9.59 Å². The van der Waals surface area contributed by atoms with Crippen molar-refractivity contribution in [2.45, 2.75) is 33.2 Å². The summed E-state index contributed by atoms with van der Waals surface area (Å²) in [5.74, 6) is 38.8. The second kappa shape index (κ2) is 17.9. The Hall–Kier alpha value is -5.45. The SMILES string of the molecule is CC#CC#CC#CC#CC#CC#CC#CC#CC(=O)Nc1sc2c(c1C(=O)OCC)CCN(C(=O)CCN(C)C)C2. The number of amides is 2. The molecule has 0 saturated carbocycles. The highest BCUT2D eigenvalue weighted by Gasteiger charge is 2.30. The molecule has 1 aliphatic rings. The molecular weight excluding hydrogens is 534 g/mol. The Morgan fingerprint density at radius 2 is 1.46 bits per heavy atom. The molecule has 1 N–H and O–H groups in total. The molecule has 0 radical (unpaired) electrons. The fraction of sp³-hybridized carbons (Fsp3) is 0.303. The standard InChI is InChI=1S/C33H25N3O4S/c1-5-7-8-9-10-11-12-13-14-15-16-17-18-19-20-21-29(37)34-32-31(33(39)40-6-2)27-22-25-36(26-28(27)41-32)30(38)23-24-35(3)4/h6,22-26H2,1-4H3,(H,34,37). The normalized spacial score (nSPS) is 9.83. The van der Waals surface area contributed by atoms with E-state index in [0.717, 1.165) is 10.4 Å². The quantitative estimate of drug-likeness (QED) is 0.425. The van der Waals surface area contributed by atoms with Crippen LogP contribution in [0.2, 0.25) is 0 Å². The van der Waals surface area contributed by atoms with Crippen LogP contribution in [0.25, 0.3) is 0 Å². The summed E-state index contributed by atoms with van der Waals surface area (Å²) in [7, 11) is 3.83. The second-order valence-electron chi connectivity index (χ2n) is 8.13. The van der Waals surface area contributed by atoms with E-state index in [9.17, 15) is 14.4 Å². The van der Waals surface area contributed by atoms with Crippen molar-refractivity contribution in [2.24, 2.45) is 0 Å². The highest BCUT2D eigenvalue weighted by atomic mass is 32.1. The number of ether oxygens (including phenoxy) is 1. The van der Waals surface area contributed by atoms with Crippen LogP contribution in [0.4, 0.5) is 5.00 Å². The lowest BCUT2D eigenvalue weighted by atomic mass is 10.0. The van der Waals surface area contributed by atoms with Gasteiger partial charge in [0, 0.05) is 30.3 Å². The first kappa shape index (κ1) is 31.8. The van der Waals surface area contributed by atoms with E-state index in [-0.39, 0.29) is 12.5 Å². The summed E-state index contributed by atoms with van der Waals surface area (Å²) in [6.07, 6.45) is 0.898. The maximum atomic E-state index is 12.7. The number of hydrogen-bond donors (Lipinski definition) is 1. The summed E-state index contributed by atoms with van der Waals surface area (Å²) in [6, 6.07) is 0. The number of hydrogen-bond acceptors (Lipinski definition) is 6. The number of fused-ring (bicyclic) bond motifs is 1. The molecule has 0 saturated heterocycles. The lowest BCUT2D eigenvalue weighted by Gasteiger charge is -2.27. The number of rotatable bonds is 6. The highest BCUT2D eigenvalue weighted by Crippen LogP contribution is 2.37. The van der Waals surface area contributed by atoms with Gasteiger partial charge in [0.1, 0.15) is 5.00 Å². The summed E-state index contributed by atoms with van der Waals surface area (Å²) in [4.78, 5) is 42.3. The second-order valence-corrected chi connectivity index (χ2v) is 9.23. The van der Waals surface area contributed by atoms with Gasteiger partial charge in [-0.15, -0.1) is 11.3 Å². The molecule has 0 spiro atoms. The summed E-state index contributed by atoms with van der Waals surface area (Å²) in [5, 5.41) is 3.01. The third-order valence-corrected chi connectivity index (χ3v) is 6.13. The zero-order valence-corrected chi connectivity index (χ0v) is 24.0. The lowest BCUT2D eigenvalue weighted by molar-refractivity contribution is -0.132. The first-order chi connectivity index (χ1) is 19.9. The molecule has 0 atom stereocenters. The minimum absolute atomic E-state index is 0.0429. The molecule has 0 bridgehead atoms. The predicted octanol–water partition coefficient (Wildman–Crippen LogP) is 1.75. The molecule has 41 heavy (non-hydrogen) atoms. The van der Waals surface area contributed by atoms with Crippen LogP contribution in [0.15, 0.2) is 0 Å². The first-order valence-electron chi connectivity index (χ1n) is 12.3. The average molecular weight is 560 g/mol. The van der Waals surface area contributed by atoms with Gasteiger partial charge in [0.2, 0.25) is 5.91 Å². The fourth-order valence-electron chi connectivity index (χ4n) is 3.26. The number of nitrogens with zero attached hydrogens (tertiary/aromatic N) is 2. The third kappa shape index (κ3) is 11.4. The van der Waals surface area contributed by atoms with Crippen molar-refractivity contribution in [2.75, 3.05) is 39.1 Å². The van der Waals surface area contributed by atoms with Crippen LogP contribution >= 0.6 is 11.3 Å². The minimum Gasteiger partial charge on any atom is -0.462 e. The smallest absolute Gasteiger partial charge is 0.341 e. The van der Waals surface area contributed by atoms with Gasteiger partial charge in [-0.2, -0.15) is 0 Å². The highest BCUT2D eigenvalue weighted by molar-refractivity contribution is 7.17. The van der Waals surface area contributed by atoms with Crippen molar-refractivity contribution in [1.82, 2.24) is 9.80 Å². The Bertz CT molecular complexity index is 1710. The molecule has 1 aromatic rings. The largest absolute Gasteiger partial charge is 0.462 e. The lowest BCUT2D eigenvalue weighted by Crippen LogP contribution is -2.37. The van der Waals surface area contributed by atoms with Crippen LogP contribution in [-0.2, 0) is 27.3 Å². The first-order valence-corrected chi connectivity index (χ1v) is 13.2. The molecule has 0 aliphatic carbocycles. The van der Waals surface area contributed by atoms with Crippen molar-refractivity contribution in [3.63, 3.8) is 0 Å². The monoisotopic (exact) mass is 559 g/mol. The maximum absolute atomic E-state index is 12.7. The number of thiophene rings is 1. The van der Waals surface area contributed by atoms with Gasteiger partial charge in [0.25, 0.3) is 0 Å².